The quantitative estimate of drug-likeness (QED) is 0.779. The van der Waals surface area contributed by atoms with E-state index in [1.54, 1.807) is 0 Å². The van der Waals surface area contributed by atoms with Crippen LogP contribution in [-0.2, 0) is 7.05 Å². The molecule has 1 heterocycles. The summed E-state index contributed by atoms with van der Waals surface area (Å²) in [5, 5.41) is 9.05. The van der Waals surface area contributed by atoms with E-state index in [-0.39, 0.29) is 0 Å². The molecule has 1 fully saturated rings. The first kappa shape index (κ1) is 13.2. The van der Waals surface area contributed by atoms with Crippen LogP contribution in [0.15, 0.2) is 18.2 Å². The lowest BCUT2D eigenvalue weighted by Gasteiger charge is -2.38. The largest absolute Gasteiger partial charge is 0.331 e. The topological polar surface area (TPSA) is 41.6 Å². The number of nitriles is 1. The van der Waals surface area contributed by atoms with Crippen molar-refractivity contribution in [2.24, 2.45) is 12.5 Å². The van der Waals surface area contributed by atoms with Crippen molar-refractivity contribution in [3.05, 3.63) is 29.6 Å². The molecule has 1 atom stereocenters. The lowest BCUT2D eigenvalue weighted by Crippen LogP contribution is -2.28. The Morgan fingerprint density at radius 3 is 2.85 bits per heavy atom. The second-order valence-corrected chi connectivity index (χ2v) is 6.63. The Bertz CT molecular complexity index is 688. The van der Waals surface area contributed by atoms with Gasteiger partial charge in [-0.1, -0.05) is 26.7 Å². The van der Waals surface area contributed by atoms with Gasteiger partial charge < -0.3 is 4.57 Å². The van der Waals surface area contributed by atoms with Crippen molar-refractivity contribution in [1.29, 1.82) is 5.26 Å². The number of aromatic nitrogens is 2. The predicted octanol–water partition coefficient (Wildman–Crippen LogP) is 4.13. The van der Waals surface area contributed by atoms with Gasteiger partial charge in [0.2, 0.25) is 0 Å². The van der Waals surface area contributed by atoms with Crippen LogP contribution in [0.1, 0.15) is 56.8 Å². The molecule has 1 aromatic heterocycles. The summed E-state index contributed by atoms with van der Waals surface area (Å²) in [5.74, 6) is 1.69. The Morgan fingerprint density at radius 1 is 1.35 bits per heavy atom. The summed E-state index contributed by atoms with van der Waals surface area (Å²) in [4.78, 5) is 4.86. The number of hydrogen-bond donors (Lipinski definition) is 0. The first-order valence-electron chi connectivity index (χ1n) is 7.39. The van der Waals surface area contributed by atoms with Crippen molar-refractivity contribution in [1.82, 2.24) is 9.55 Å². The molecular formula is C17H21N3. The molecule has 3 heteroatoms. The maximum atomic E-state index is 9.05. The molecule has 0 amide bonds. The van der Waals surface area contributed by atoms with Gasteiger partial charge in [0.1, 0.15) is 5.82 Å². The van der Waals surface area contributed by atoms with Crippen molar-refractivity contribution in [3.8, 4) is 6.07 Å². The molecule has 0 aliphatic heterocycles. The van der Waals surface area contributed by atoms with Crippen LogP contribution in [0.3, 0.4) is 0 Å². The van der Waals surface area contributed by atoms with E-state index in [9.17, 15) is 0 Å². The number of benzene rings is 1. The molecule has 1 saturated carbocycles. The van der Waals surface area contributed by atoms with Crippen LogP contribution in [0.4, 0.5) is 0 Å². The Morgan fingerprint density at radius 2 is 2.15 bits per heavy atom. The third-order valence-electron chi connectivity index (χ3n) is 4.86. The maximum absolute atomic E-state index is 9.05. The minimum absolute atomic E-state index is 0.311. The molecular weight excluding hydrogens is 246 g/mol. The van der Waals surface area contributed by atoms with E-state index in [4.69, 9.17) is 10.2 Å². The zero-order valence-electron chi connectivity index (χ0n) is 12.5. The van der Waals surface area contributed by atoms with E-state index in [0.717, 1.165) is 11.0 Å². The fourth-order valence-electron chi connectivity index (χ4n) is 3.56. The monoisotopic (exact) mass is 267 g/mol. The SMILES string of the molecule is Cn1c(C2CCCCC2(C)C)nc2ccc(C#N)cc21. The highest BCUT2D eigenvalue weighted by molar-refractivity contribution is 5.77. The molecule has 3 rings (SSSR count). The van der Waals surface area contributed by atoms with Crippen molar-refractivity contribution in [2.75, 3.05) is 0 Å². The number of rotatable bonds is 1. The van der Waals surface area contributed by atoms with Gasteiger partial charge in [-0.2, -0.15) is 5.26 Å². The van der Waals surface area contributed by atoms with E-state index < -0.39 is 0 Å². The number of hydrogen-bond acceptors (Lipinski definition) is 2. The average molecular weight is 267 g/mol. The van der Waals surface area contributed by atoms with Crippen molar-refractivity contribution in [3.63, 3.8) is 0 Å². The zero-order chi connectivity index (χ0) is 14.3. The van der Waals surface area contributed by atoms with Gasteiger partial charge in [-0.15, -0.1) is 0 Å². The lowest BCUT2D eigenvalue weighted by atomic mass is 9.68. The van der Waals surface area contributed by atoms with E-state index in [0.29, 0.717) is 16.9 Å². The summed E-state index contributed by atoms with van der Waals surface area (Å²) in [6.45, 7) is 4.72. The fraction of sp³-hybridized carbons (Fsp3) is 0.529. The molecule has 3 nitrogen and oxygen atoms in total. The number of fused-ring (bicyclic) bond motifs is 1. The minimum atomic E-state index is 0.311. The van der Waals surface area contributed by atoms with Crippen molar-refractivity contribution >= 4 is 11.0 Å². The molecule has 2 aromatic rings. The minimum Gasteiger partial charge on any atom is -0.331 e. The fourth-order valence-corrected chi connectivity index (χ4v) is 3.56. The van der Waals surface area contributed by atoms with Crippen molar-refractivity contribution < 1.29 is 0 Å². The lowest BCUT2D eigenvalue weighted by molar-refractivity contribution is 0.190. The van der Waals surface area contributed by atoms with Crippen molar-refractivity contribution in [2.45, 2.75) is 45.4 Å². The van der Waals surface area contributed by atoms with Crippen LogP contribution in [0.25, 0.3) is 11.0 Å². The summed E-state index contributed by atoms with van der Waals surface area (Å²) in [6.07, 6.45) is 5.10. The Balaban J connectivity index is 2.12. The van der Waals surface area contributed by atoms with E-state index in [2.05, 4.69) is 31.5 Å². The van der Waals surface area contributed by atoms with E-state index >= 15 is 0 Å². The first-order chi connectivity index (χ1) is 9.53. The Labute approximate surface area is 120 Å². The van der Waals surface area contributed by atoms with E-state index in [1.807, 2.05) is 18.2 Å². The second kappa shape index (κ2) is 4.63. The molecule has 104 valence electrons. The van der Waals surface area contributed by atoms with Crippen LogP contribution in [0.2, 0.25) is 0 Å². The number of imidazole rings is 1. The van der Waals surface area contributed by atoms with Crippen LogP contribution < -0.4 is 0 Å². The van der Waals surface area contributed by atoms with E-state index in [1.165, 1.54) is 31.5 Å². The highest BCUT2D eigenvalue weighted by Gasteiger charge is 2.36. The van der Waals surface area contributed by atoms with Gasteiger partial charge >= 0.3 is 0 Å². The molecule has 1 aromatic carbocycles. The summed E-state index contributed by atoms with van der Waals surface area (Å²) in [7, 11) is 2.08. The predicted molar refractivity (Wildman–Crippen MR) is 80.4 cm³/mol. The standard InChI is InChI=1S/C17H21N3/c1-17(2)9-5-4-6-13(17)16-19-14-8-7-12(11-18)10-15(14)20(16)3/h7-8,10,13H,4-6,9H2,1-3H3. The number of aryl methyl sites for hydroxylation is 1. The molecule has 0 bridgehead atoms. The van der Waals surface area contributed by atoms with Gasteiger partial charge in [-0.3, -0.25) is 0 Å². The third-order valence-corrected chi connectivity index (χ3v) is 4.86. The van der Waals surface area contributed by atoms with Gasteiger partial charge in [-0.25, -0.2) is 4.98 Å². The average Bonchev–Trinajstić information content (AvgIpc) is 2.75. The molecule has 0 saturated heterocycles. The van der Waals surface area contributed by atoms with Crippen LogP contribution >= 0.6 is 0 Å². The van der Waals surface area contributed by atoms with Crippen LogP contribution in [-0.4, -0.2) is 9.55 Å². The highest BCUT2D eigenvalue weighted by atomic mass is 15.1. The molecule has 0 N–H and O–H groups in total. The van der Waals surface area contributed by atoms with Gasteiger partial charge in [0.25, 0.3) is 0 Å². The molecule has 0 spiro atoms. The van der Waals surface area contributed by atoms with Crippen LogP contribution in [0.5, 0.6) is 0 Å². The Kier molecular flexibility index (Phi) is 3.05. The maximum Gasteiger partial charge on any atom is 0.113 e. The first-order valence-corrected chi connectivity index (χ1v) is 7.39. The highest BCUT2D eigenvalue weighted by Crippen LogP contribution is 2.46. The van der Waals surface area contributed by atoms with Crippen LogP contribution in [0, 0.1) is 16.7 Å². The molecule has 20 heavy (non-hydrogen) atoms. The molecule has 1 unspecified atom stereocenters. The van der Waals surface area contributed by atoms with Gasteiger partial charge in [-0.05, 0) is 36.5 Å². The third kappa shape index (κ3) is 2.00. The molecule has 1 aliphatic carbocycles. The number of nitrogens with zero attached hydrogens (tertiary/aromatic N) is 3. The zero-order valence-corrected chi connectivity index (χ0v) is 12.5. The summed E-state index contributed by atoms with van der Waals surface area (Å²) < 4.78 is 2.19. The molecule has 1 aliphatic rings. The summed E-state index contributed by atoms with van der Waals surface area (Å²) in [5.41, 5.74) is 3.09. The summed E-state index contributed by atoms with van der Waals surface area (Å²) >= 11 is 0. The normalized spacial score (nSPS) is 21.8. The summed E-state index contributed by atoms with van der Waals surface area (Å²) in [6, 6.07) is 7.97. The smallest absolute Gasteiger partial charge is 0.113 e. The second-order valence-electron chi connectivity index (χ2n) is 6.63. The molecule has 0 radical (unpaired) electrons. The van der Waals surface area contributed by atoms with Gasteiger partial charge in [0.15, 0.2) is 0 Å². The van der Waals surface area contributed by atoms with Gasteiger partial charge in [0.05, 0.1) is 22.7 Å². The Hall–Kier alpha value is -1.82. The van der Waals surface area contributed by atoms with Gasteiger partial charge in [0, 0.05) is 13.0 Å².